The van der Waals surface area contributed by atoms with Crippen molar-refractivity contribution in [1.82, 2.24) is 10.2 Å². The first-order valence-electron chi connectivity index (χ1n) is 5.51. The van der Waals surface area contributed by atoms with Gasteiger partial charge in [-0.15, -0.1) is 0 Å². The molecule has 1 fully saturated rings. The van der Waals surface area contributed by atoms with Crippen LogP contribution in [-0.4, -0.2) is 65.9 Å². The van der Waals surface area contributed by atoms with Crippen LogP contribution in [0.1, 0.15) is 6.92 Å². The zero-order valence-electron chi connectivity index (χ0n) is 9.90. The second kappa shape index (κ2) is 6.98. The third kappa shape index (κ3) is 4.59. The van der Waals surface area contributed by atoms with E-state index in [1.807, 2.05) is 11.8 Å². The van der Waals surface area contributed by atoms with Gasteiger partial charge in [0.2, 0.25) is 5.91 Å². The largest absolute Gasteiger partial charge is 0.378 e. The molecule has 0 bridgehead atoms. The molecule has 1 aliphatic heterocycles. The lowest BCUT2D eigenvalue weighted by atomic mass is 10.2. The van der Waals surface area contributed by atoms with Crippen molar-refractivity contribution in [3.63, 3.8) is 0 Å². The maximum Gasteiger partial charge on any atom is 0.239 e. The fourth-order valence-corrected chi connectivity index (χ4v) is 1.97. The van der Waals surface area contributed by atoms with E-state index >= 15 is 0 Å². The smallest absolute Gasteiger partial charge is 0.239 e. The summed E-state index contributed by atoms with van der Waals surface area (Å²) in [7, 11) is -0.807. The van der Waals surface area contributed by atoms with Crippen molar-refractivity contribution in [2.24, 2.45) is 0 Å². The van der Waals surface area contributed by atoms with Crippen molar-refractivity contribution in [1.29, 1.82) is 0 Å². The topological polar surface area (TPSA) is 58.6 Å². The minimum absolute atomic E-state index is 0.102. The predicted molar refractivity (Wildman–Crippen MR) is 63.8 cm³/mol. The fourth-order valence-electron chi connectivity index (χ4n) is 1.56. The van der Waals surface area contributed by atoms with Gasteiger partial charge >= 0.3 is 0 Å². The second-order valence-corrected chi connectivity index (χ2v) is 5.45. The van der Waals surface area contributed by atoms with Crippen molar-refractivity contribution in [3.8, 4) is 0 Å². The van der Waals surface area contributed by atoms with Crippen LogP contribution in [0, 0.1) is 0 Å². The van der Waals surface area contributed by atoms with Crippen LogP contribution in [0.2, 0.25) is 0 Å². The van der Waals surface area contributed by atoms with E-state index in [2.05, 4.69) is 5.32 Å². The van der Waals surface area contributed by atoms with Crippen LogP contribution in [-0.2, 0) is 20.3 Å². The van der Waals surface area contributed by atoms with E-state index in [9.17, 15) is 9.00 Å². The molecule has 0 aromatic rings. The van der Waals surface area contributed by atoms with Crippen molar-refractivity contribution >= 4 is 16.7 Å². The zero-order valence-corrected chi connectivity index (χ0v) is 10.7. The van der Waals surface area contributed by atoms with E-state index in [0.29, 0.717) is 38.6 Å². The molecule has 0 spiro atoms. The molecule has 0 aliphatic carbocycles. The number of ether oxygens (including phenoxy) is 1. The molecule has 5 nitrogen and oxygen atoms in total. The normalized spacial score (nSPS) is 20.5. The summed E-state index contributed by atoms with van der Waals surface area (Å²) in [5.74, 6) is 0.686. The fraction of sp³-hybridized carbons (Fsp3) is 0.900. The molecule has 94 valence electrons. The molecule has 0 saturated carbocycles. The Balaban J connectivity index is 2.26. The Hall–Kier alpha value is -0.460. The molecule has 1 aliphatic rings. The first-order valence-corrected chi connectivity index (χ1v) is 7.24. The first-order chi connectivity index (χ1) is 7.61. The lowest BCUT2D eigenvalue weighted by Gasteiger charge is -2.29. The molecular weight excluding hydrogens is 228 g/mol. The number of nitrogens with zero attached hydrogens (tertiary/aromatic N) is 1. The van der Waals surface area contributed by atoms with Crippen LogP contribution >= 0.6 is 0 Å². The maximum absolute atomic E-state index is 11.9. The number of nitrogens with one attached hydrogen (secondary N) is 1. The monoisotopic (exact) mass is 248 g/mol. The van der Waals surface area contributed by atoms with Crippen LogP contribution in [0.25, 0.3) is 0 Å². The molecule has 2 atom stereocenters. The summed E-state index contributed by atoms with van der Waals surface area (Å²) in [6.45, 7) is 5.04. The van der Waals surface area contributed by atoms with E-state index < -0.39 is 10.8 Å². The van der Waals surface area contributed by atoms with E-state index in [0.717, 1.165) is 0 Å². The van der Waals surface area contributed by atoms with Gasteiger partial charge in [0.1, 0.15) is 0 Å². The number of morpholine rings is 1. The molecule has 0 aromatic carbocycles. The Morgan fingerprint density at radius 1 is 1.50 bits per heavy atom. The Labute approximate surface area is 99.0 Å². The summed E-state index contributed by atoms with van der Waals surface area (Å²) in [6, 6.07) is -0.207. The van der Waals surface area contributed by atoms with Gasteiger partial charge < -0.3 is 15.0 Å². The van der Waals surface area contributed by atoms with Crippen molar-refractivity contribution in [2.45, 2.75) is 13.0 Å². The van der Waals surface area contributed by atoms with Gasteiger partial charge in [-0.2, -0.15) is 0 Å². The number of amides is 1. The number of carbonyl (C=O) groups is 1. The molecule has 1 N–H and O–H groups in total. The van der Waals surface area contributed by atoms with E-state index in [1.165, 1.54) is 0 Å². The van der Waals surface area contributed by atoms with E-state index in [4.69, 9.17) is 4.74 Å². The second-order valence-electron chi connectivity index (χ2n) is 3.89. The van der Waals surface area contributed by atoms with Gasteiger partial charge in [0.25, 0.3) is 0 Å². The maximum atomic E-state index is 11.9. The Kier molecular flexibility index (Phi) is 5.94. The minimum Gasteiger partial charge on any atom is -0.378 e. The first kappa shape index (κ1) is 13.6. The quantitative estimate of drug-likeness (QED) is 0.692. The van der Waals surface area contributed by atoms with Crippen LogP contribution < -0.4 is 5.32 Å². The molecule has 2 unspecified atom stereocenters. The Bertz CT molecular complexity index is 254. The van der Waals surface area contributed by atoms with Gasteiger partial charge in [-0.3, -0.25) is 9.00 Å². The third-order valence-corrected chi connectivity index (χ3v) is 3.31. The van der Waals surface area contributed by atoms with Crippen molar-refractivity contribution in [3.05, 3.63) is 0 Å². The SMILES string of the molecule is CC(NCCS(C)=O)C(=O)N1CCOCC1. The van der Waals surface area contributed by atoms with Gasteiger partial charge in [-0.05, 0) is 6.92 Å². The highest BCUT2D eigenvalue weighted by molar-refractivity contribution is 7.84. The van der Waals surface area contributed by atoms with Gasteiger partial charge in [-0.25, -0.2) is 0 Å². The van der Waals surface area contributed by atoms with Crippen LogP contribution in [0.4, 0.5) is 0 Å². The Morgan fingerprint density at radius 2 is 2.12 bits per heavy atom. The number of rotatable bonds is 5. The lowest BCUT2D eigenvalue weighted by molar-refractivity contribution is -0.137. The summed E-state index contributed by atoms with van der Waals surface area (Å²) in [5, 5.41) is 3.09. The molecule has 16 heavy (non-hydrogen) atoms. The molecule has 0 radical (unpaired) electrons. The highest BCUT2D eigenvalue weighted by Gasteiger charge is 2.21. The highest BCUT2D eigenvalue weighted by atomic mass is 32.2. The molecule has 1 saturated heterocycles. The summed E-state index contributed by atoms with van der Waals surface area (Å²) in [4.78, 5) is 13.7. The summed E-state index contributed by atoms with van der Waals surface area (Å²) in [5.41, 5.74) is 0. The number of hydrogen-bond donors (Lipinski definition) is 1. The third-order valence-electron chi connectivity index (χ3n) is 2.53. The number of hydrogen-bond acceptors (Lipinski definition) is 4. The summed E-state index contributed by atoms with van der Waals surface area (Å²) < 4.78 is 16.0. The Morgan fingerprint density at radius 3 is 2.69 bits per heavy atom. The lowest BCUT2D eigenvalue weighted by Crippen LogP contribution is -2.49. The standard InChI is InChI=1S/C10H20N2O3S/c1-9(11-3-8-16(2)14)10(13)12-4-6-15-7-5-12/h9,11H,3-8H2,1-2H3. The van der Waals surface area contributed by atoms with Gasteiger partial charge in [0, 0.05) is 42.4 Å². The predicted octanol–water partition coefficient (Wildman–Crippen LogP) is -0.798. The van der Waals surface area contributed by atoms with E-state index in [1.54, 1.807) is 6.26 Å². The molecule has 1 amide bonds. The molecule has 0 aromatic heterocycles. The average molecular weight is 248 g/mol. The summed E-state index contributed by atoms with van der Waals surface area (Å²) in [6.07, 6.45) is 1.66. The molecule has 1 heterocycles. The molecule has 1 rings (SSSR count). The zero-order chi connectivity index (χ0) is 12.0. The van der Waals surface area contributed by atoms with E-state index in [-0.39, 0.29) is 11.9 Å². The molecular formula is C10H20N2O3S. The minimum atomic E-state index is -0.807. The van der Waals surface area contributed by atoms with Gasteiger partial charge in [-0.1, -0.05) is 0 Å². The number of carbonyl (C=O) groups excluding carboxylic acids is 1. The van der Waals surface area contributed by atoms with Crippen LogP contribution in [0.15, 0.2) is 0 Å². The molecule has 6 heteroatoms. The highest BCUT2D eigenvalue weighted by Crippen LogP contribution is 2.00. The van der Waals surface area contributed by atoms with Crippen molar-refractivity contribution < 1.29 is 13.7 Å². The summed E-state index contributed by atoms with van der Waals surface area (Å²) >= 11 is 0. The van der Waals surface area contributed by atoms with Crippen molar-refractivity contribution in [2.75, 3.05) is 44.9 Å². The van der Waals surface area contributed by atoms with Crippen LogP contribution in [0.5, 0.6) is 0 Å². The average Bonchev–Trinajstić information content (AvgIpc) is 2.28. The van der Waals surface area contributed by atoms with Gasteiger partial charge in [0.05, 0.1) is 19.3 Å². The van der Waals surface area contributed by atoms with Crippen LogP contribution in [0.3, 0.4) is 0 Å². The van der Waals surface area contributed by atoms with Gasteiger partial charge in [0.15, 0.2) is 0 Å².